The minimum Gasteiger partial charge on any atom is -0.395 e. The Labute approximate surface area is 153 Å². The zero-order valence-corrected chi connectivity index (χ0v) is 14.6. The summed E-state index contributed by atoms with van der Waals surface area (Å²) in [4.78, 5) is 18.0. The maximum atomic E-state index is 12.6. The van der Waals surface area contributed by atoms with E-state index < -0.39 is 0 Å². The summed E-state index contributed by atoms with van der Waals surface area (Å²) < 4.78 is 0. The fourth-order valence-electron chi connectivity index (χ4n) is 2.41. The fraction of sp³-hybridized carbons (Fsp3) is 0.118. The molecule has 3 rings (SSSR count). The number of carbonyl (C=O) groups excluding carboxylic acids is 1. The Bertz CT molecular complexity index is 924. The van der Waals surface area contributed by atoms with E-state index in [1.807, 2.05) is 0 Å². The van der Waals surface area contributed by atoms with Crippen molar-refractivity contribution in [2.75, 3.05) is 23.8 Å². The summed E-state index contributed by atoms with van der Waals surface area (Å²) in [6.07, 6.45) is 2.79. The topological polar surface area (TPSA) is 98.1 Å². The molecule has 0 aliphatic rings. The molecule has 0 radical (unpaired) electrons. The molecular weight excluding hydrogens is 360 g/mol. The molecule has 0 bridgehead atoms. The number of nitrogens with zero attached hydrogens (tertiary/aromatic N) is 1. The zero-order chi connectivity index (χ0) is 17.8. The number of fused-ring (bicyclic) bond motifs is 1. The lowest BCUT2D eigenvalue weighted by atomic mass is 10.1. The normalized spacial score (nSPS) is 10.6. The van der Waals surface area contributed by atoms with Crippen LogP contribution < -0.4 is 10.6 Å². The highest BCUT2D eigenvalue weighted by atomic mass is 35.5. The van der Waals surface area contributed by atoms with Crippen LogP contribution in [0, 0.1) is 5.41 Å². The molecule has 0 aliphatic heterocycles. The summed E-state index contributed by atoms with van der Waals surface area (Å²) in [6.45, 7) is 0.358. The predicted octanol–water partition coefficient (Wildman–Crippen LogP) is 3.60. The molecule has 0 aliphatic carbocycles. The van der Waals surface area contributed by atoms with Gasteiger partial charge >= 0.3 is 0 Å². The van der Waals surface area contributed by atoms with E-state index in [4.69, 9.17) is 22.1 Å². The van der Waals surface area contributed by atoms with Crippen LogP contribution in [0.25, 0.3) is 10.2 Å². The van der Waals surface area contributed by atoms with Crippen LogP contribution in [0.5, 0.6) is 0 Å². The highest BCUT2D eigenvalue weighted by molar-refractivity contribution is 7.21. The van der Waals surface area contributed by atoms with Crippen molar-refractivity contribution in [3.63, 3.8) is 0 Å². The second-order valence-corrected chi connectivity index (χ2v) is 6.57. The Morgan fingerprint density at radius 3 is 2.76 bits per heavy atom. The molecule has 0 spiro atoms. The molecule has 3 aromatic rings. The maximum absolute atomic E-state index is 12.6. The van der Waals surface area contributed by atoms with E-state index in [9.17, 15) is 4.79 Å². The number of halogens is 1. The molecule has 0 saturated carbocycles. The van der Waals surface area contributed by atoms with Crippen LogP contribution in [0.2, 0.25) is 5.02 Å². The Morgan fingerprint density at radius 2 is 2.08 bits per heavy atom. The van der Waals surface area contributed by atoms with E-state index in [2.05, 4.69) is 15.6 Å². The van der Waals surface area contributed by atoms with E-state index in [-0.39, 0.29) is 12.5 Å². The summed E-state index contributed by atoms with van der Waals surface area (Å²) in [6, 6.07) is 8.57. The summed E-state index contributed by atoms with van der Waals surface area (Å²) >= 11 is 7.08. The number of aliphatic hydroxyl groups is 1. The number of pyridine rings is 1. The second-order valence-electron chi connectivity index (χ2n) is 5.14. The summed E-state index contributed by atoms with van der Waals surface area (Å²) in [7, 11) is 0. The number of hydrogen-bond acceptors (Lipinski definition) is 6. The van der Waals surface area contributed by atoms with Crippen molar-refractivity contribution in [3.8, 4) is 0 Å². The molecule has 0 atom stereocenters. The van der Waals surface area contributed by atoms with Crippen LogP contribution in [0.15, 0.2) is 36.5 Å². The van der Waals surface area contributed by atoms with Crippen molar-refractivity contribution in [1.82, 2.24) is 4.98 Å². The van der Waals surface area contributed by atoms with Gasteiger partial charge in [0.1, 0.15) is 9.71 Å². The number of benzene rings is 1. The highest BCUT2D eigenvalue weighted by Gasteiger charge is 2.20. The summed E-state index contributed by atoms with van der Waals surface area (Å²) in [5, 5.41) is 23.9. The standard InChI is InChI=1S/C17H15ClN4O2S/c18-10-1-3-11(4-2-10)22-16(24)15-12(9-19)14-13(20-7-8-23)5-6-21-17(14)25-15/h1-6,9,19,23H,7-8H2,(H,20,21)(H,22,24). The molecule has 25 heavy (non-hydrogen) atoms. The molecule has 2 heterocycles. The average molecular weight is 375 g/mol. The van der Waals surface area contributed by atoms with E-state index in [1.54, 1.807) is 36.5 Å². The van der Waals surface area contributed by atoms with Gasteiger partial charge in [0.25, 0.3) is 5.91 Å². The van der Waals surface area contributed by atoms with Gasteiger partial charge in [0.15, 0.2) is 0 Å². The van der Waals surface area contributed by atoms with Gasteiger partial charge in [-0.05, 0) is 30.3 Å². The number of nitrogens with one attached hydrogen (secondary N) is 3. The molecule has 2 aromatic heterocycles. The van der Waals surface area contributed by atoms with E-state index >= 15 is 0 Å². The first-order valence-corrected chi connectivity index (χ1v) is 8.67. The van der Waals surface area contributed by atoms with Crippen LogP contribution >= 0.6 is 22.9 Å². The largest absolute Gasteiger partial charge is 0.395 e. The Kier molecular flexibility index (Phi) is 5.28. The first kappa shape index (κ1) is 17.3. The van der Waals surface area contributed by atoms with Gasteiger partial charge in [0.05, 0.1) is 6.61 Å². The Balaban J connectivity index is 1.99. The lowest BCUT2D eigenvalue weighted by Gasteiger charge is -2.07. The summed E-state index contributed by atoms with van der Waals surface area (Å²) in [5.41, 5.74) is 1.86. The van der Waals surface area contributed by atoms with Crippen LogP contribution in [0.1, 0.15) is 15.2 Å². The van der Waals surface area contributed by atoms with Crippen LogP contribution in [-0.2, 0) is 0 Å². The number of aliphatic hydroxyl groups excluding tert-OH is 1. The van der Waals surface area contributed by atoms with Gasteiger partial charge in [-0.3, -0.25) is 4.79 Å². The minimum atomic E-state index is -0.308. The monoisotopic (exact) mass is 374 g/mol. The van der Waals surface area contributed by atoms with Gasteiger partial charge in [-0.15, -0.1) is 11.3 Å². The third-order valence-corrected chi connectivity index (χ3v) is 4.87. The van der Waals surface area contributed by atoms with Gasteiger partial charge in [-0.25, -0.2) is 4.98 Å². The minimum absolute atomic E-state index is 0.0161. The van der Waals surface area contributed by atoms with Gasteiger partial charge in [-0.1, -0.05) is 11.6 Å². The summed E-state index contributed by atoms with van der Waals surface area (Å²) in [5.74, 6) is -0.308. The average Bonchev–Trinajstić information content (AvgIpc) is 3.01. The van der Waals surface area contributed by atoms with Gasteiger partial charge in [-0.2, -0.15) is 0 Å². The number of aromatic nitrogens is 1. The number of hydrogen-bond donors (Lipinski definition) is 4. The van der Waals surface area contributed by atoms with Crippen molar-refractivity contribution >= 4 is 56.7 Å². The first-order valence-electron chi connectivity index (χ1n) is 7.47. The van der Waals surface area contributed by atoms with Crippen molar-refractivity contribution in [2.45, 2.75) is 0 Å². The van der Waals surface area contributed by atoms with Crippen LogP contribution in [-0.4, -0.2) is 35.4 Å². The van der Waals surface area contributed by atoms with Crippen LogP contribution in [0.4, 0.5) is 11.4 Å². The molecule has 128 valence electrons. The van der Waals surface area contributed by atoms with Crippen molar-refractivity contribution < 1.29 is 9.90 Å². The quantitative estimate of drug-likeness (QED) is 0.495. The molecule has 4 N–H and O–H groups in total. The fourth-order valence-corrected chi connectivity index (χ4v) is 3.58. The third kappa shape index (κ3) is 3.63. The predicted molar refractivity (Wildman–Crippen MR) is 102 cm³/mol. The lowest BCUT2D eigenvalue weighted by Crippen LogP contribution is -2.12. The van der Waals surface area contributed by atoms with Gasteiger partial charge in [0.2, 0.25) is 0 Å². The molecule has 8 heteroatoms. The SMILES string of the molecule is N=Cc1c(C(=O)Nc2ccc(Cl)cc2)sc2nccc(NCCO)c12. The second kappa shape index (κ2) is 7.60. The Morgan fingerprint density at radius 1 is 1.32 bits per heavy atom. The van der Waals surface area contributed by atoms with Gasteiger partial charge in [0, 0.05) is 46.3 Å². The van der Waals surface area contributed by atoms with Crippen molar-refractivity contribution in [2.24, 2.45) is 0 Å². The molecule has 0 saturated heterocycles. The number of thiophene rings is 1. The number of carbonyl (C=O) groups is 1. The molecule has 0 unspecified atom stereocenters. The molecule has 1 aromatic carbocycles. The Hall–Kier alpha value is -2.48. The van der Waals surface area contributed by atoms with E-state index in [1.165, 1.54) is 11.3 Å². The van der Waals surface area contributed by atoms with E-state index in [0.29, 0.717) is 37.9 Å². The molecule has 1 amide bonds. The van der Waals surface area contributed by atoms with Crippen LogP contribution in [0.3, 0.4) is 0 Å². The lowest BCUT2D eigenvalue weighted by molar-refractivity contribution is 0.103. The smallest absolute Gasteiger partial charge is 0.266 e. The van der Waals surface area contributed by atoms with Crippen molar-refractivity contribution in [1.29, 1.82) is 5.41 Å². The molecular formula is C17H15ClN4O2S. The van der Waals surface area contributed by atoms with Crippen molar-refractivity contribution in [3.05, 3.63) is 52.0 Å². The number of anilines is 2. The third-order valence-electron chi connectivity index (χ3n) is 3.51. The molecule has 6 nitrogen and oxygen atoms in total. The molecule has 0 fully saturated rings. The zero-order valence-electron chi connectivity index (χ0n) is 13.0. The first-order chi connectivity index (χ1) is 12.1. The maximum Gasteiger partial charge on any atom is 0.266 e. The number of rotatable bonds is 6. The van der Waals surface area contributed by atoms with Gasteiger partial charge < -0.3 is 21.1 Å². The number of amides is 1. The van der Waals surface area contributed by atoms with E-state index in [0.717, 1.165) is 11.9 Å². The highest BCUT2D eigenvalue weighted by Crippen LogP contribution is 2.34.